The van der Waals surface area contributed by atoms with Gasteiger partial charge in [-0.2, -0.15) is 4.31 Å². The Hall–Kier alpha value is -2.50. The van der Waals surface area contributed by atoms with E-state index in [0.717, 1.165) is 0 Å². The fraction of sp³-hybridized carbons (Fsp3) is 0.480. The Morgan fingerprint density at radius 1 is 1.09 bits per heavy atom. The van der Waals surface area contributed by atoms with Gasteiger partial charge in [-0.15, -0.1) is 0 Å². The predicted molar refractivity (Wildman–Crippen MR) is 129 cm³/mol. The second-order valence-electron chi connectivity index (χ2n) is 8.75. The van der Waals surface area contributed by atoms with Crippen LogP contribution < -0.4 is 10.1 Å². The zero-order chi connectivity index (χ0) is 24.8. The minimum absolute atomic E-state index is 0.00341. The molecule has 0 aliphatic carbocycles. The van der Waals surface area contributed by atoms with Crippen molar-refractivity contribution >= 4 is 15.9 Å². The number of fused-ring (bicyclic) bond motifs is 1. The van der Waals surface area contributed by atoms with Gasteiger partial charge in [0.2, 0.25) is 15.9 Å². The number of carbonyl (C=O) groups is 1. The Morgan fingerprint density at radius 3 is 2.51 bits per heavy atom. The van der Waals surface area contributed by atoms with Crippen LogP contribution in [0.5, 0.6) is 11.5 Å². The third kappa shape index (κ3) is 6.39. The van der Waals surface area contributed by atoms with Gasteiger partial charge >= 0.3 is 0 Å². The van der Waals surface area contributed by atoms with Crippen LogP contribution in [0.2, 0.25) is 0 Å². The Kier molecular flexibility index (Phi) is 8.40. The van der Waals surface area contributed by atoms with E-state index in [1.807, 2.05) is 37.3 Å². The van der Waals surface area contributed by atoms with E-state index in [1.54, 1.807) is 12.1 Å². The molecule has 2 aliphatic rings. The first-order valence-corrected chi connectivity index (χ1v) is 13.3. The summed E-state index contributed by atoms with van der Waals surface area (Å²) in [6.45, 7) is 2.44. The SMILES string of the molecule is CCNC(=O)C[C@@H]1CC[C@@H]2[C@H](COC[C@H](O)CN2S(=O)(=O)c2ccc(Oc3ccccc3)cc2)O1. The van der Waals surface area contributed by atoms with Gasteiger partial charge in [-0.05, 0) is 56.2 Å². The van der Waals surface area contributed by atoms with E-state index >= 15 is 0 Å². The molecule has 10 heteroatoms. The van der Waals surface area contributed by atoms with Crippen LogP contribution in [-0.2, 0) is 24.3 Å². The number of rotatable bonds is 7. The van der Waals surface area contributed by atoms with Gasteiger partial charge in [0.25, 0.3) is 0 Å². The predicted octanol–water partition coefficient (Wildman–Crippen LogP) is 2.30. The number of aliphatic hydroxyl groups excluding tert-OH is 1. The standard InChI is InChI=1S/C25H32N2O7S/c1-2-26-25(29)14-21-10-13-23-24(34-21)17-32-16-18(28)15-27(23)35(30,31)22-11-8-20(9-12-22)33-19-6-4-3-5-7-19/h3-9,11-12,18,21,23-24,28H,2,10,13-17H2,1H3,(H,26,29)/t18-,21+,23-,24+/m1/s1. The lowest BCUT2D eigenvalue weighted by atomic mass is 9.96. The highest BCUT2D eigenvalue weighted by atomic mass is 32.2. The normalized spacial score (nSPS) is 25.7. The molecule has 0 spiro atoms. The molecule has 2 saturated heterocycles. The molecule has 2 fully saturated rings. The summed E-state index contributed by atoms with van der Waals surface area (Å²) in [6, 6.07) is 15.0. The van der Waals surface area contributed by atoms with Crippen LogP contribution in [0, 0.1) is 0 Å². The third-order valence-corrected chi connectivity index (χ3v) is 8.04. The summed E-state index contributed by atoms with van der Waals surface area (Å²) in [5.41, 5.74) is 0. The molecule has 0 bridgehead atoms. The summed E-state index contributed by atoms with van der Waals surface area (Å²) in [4.78, 5) is 12.1. The van der Waals surface area contributed by atoms with Crippen molar-refractivity contribution in [3.05, 3.63) is 54.6 Å². The number of para-hydroxylation sites is 1. The van der Waals surface area contributed by atoms with Crippen molar-refractivity contribution in [2.45, 2.75) is 55.4 Å². The molecule has 0 radical (unpaired) electrons. The van der Waals surface area contributed by atoms with Crippen molar-refractivity contribution in [3.63, 3.8) is 0 Å². The van der Waals surface area contributed by atoms with Gasteiger partial charge in [-0.3, -0.25) is 4.79 Å². The van der Waals surface area contributed by atoms with Crippen molar-refractivity contribution in [1.29, 1.82) is 0 Å². The number of nitrogens with zero attached hydrogens (tertiary/aromatic N) is 1. The van der Waals surface area contributed by atoms with Gasteiger partial charge < -0.3 is 24.6 Å². The van der Waals surface area contributed by atoms with E-state index < -0.39 is 28.3 Å². The van der Waals surface area contributed by atoms with Crippen LogP contribution >= 0.6 is 0 Å². The van der Waals surface area contributed by atoms with E-state index in [0.29, 0.717) is 30.9 Å². The first-order valence-electron chi connectivity index (χ1n) is 11.9. The number of benzene rings is 2. The van der Waals surface area contributed by atoms with Gasteiger partial charge in [0, 0.05) is 13.1 Å². The van der Waals surface area contributed by atoms with Crippen molar-refractivity contribution in [3.8, 4) is 11.5 Å². The molecule has 2 aromatic rings. The smallest absolute Gasteiger partial charge is 0.243 e. The summed E-state index contributed by atoms with van der Waals surface area (Å²) in [7, 11) is -3.94. The van der Waals surface area contributed by atoms with Crippen LogP contribution in [0.15, 0.2) is 59.5 Å². The summed E-state index contributed by atoms with van der Waals surface area (Å²) in [5, 5.41) is 13.1. The lowest BCUT2D eigenvalue weighted by molar-refractivity contribution is -0.146. The number of nitrogens with one attached hydrogen (secondary N) is 1. The monoisotopic (exact) mass is 504 g/mol. The Labute approximate surface area is 206 Å². The second-order valence-corrected chi connectivity index (χ2v) is 10.6. The van der Waals surface area contributed by atoms with E-state index in [9.17, 15) is 18.3 Å². The molecular formula is C25H32N2O7S. The third-order valence-electron chi connectivity index (χ3n) is 6.13. The molecule has 0 saturated carbocycles. The summed E-state index contributed by atoms with van der Waals surface area (Å²) < 4.78 is 46.2. The number of sulfonamides is 1. The Bertz CT molecular complexity index is 1080. The van der Waals surface area contributed by atoms with Gasteiger partial charge in [-0.1, -0.05) is 18.2 Å². The minimum atomic E-state index is -3.94. The van der Waals surface area contributed by atoms with Crippen molar-refractivity contribution in [1.82, 2.24) is 9.62 Å². The first kappa shape index (κ1) is 25.6. The molecular weight excluding hydrogens is 472 g/mol. The van der Waals surface area contributed by atoms with Gasteiger partial charge in [0.05, 0.1) is 48.9 Å². The fourth-order valence-electron chi connectivity index (χ4n) is 4.49. The van der Waals surface area contributed by atoms with E-state index in [4.69, 9.17) is 14.2 Å². The van der Waals surface area contributed by atoms with Gasteiger partial charge in [0.1, 0.15) is 11.5 Å². The molecule has 9 nitrogen and oxygen atoms in total. The zero-order valence-corrected chi connectivity index (χ0v) is 20.5. The maximum atomic E-state index is 13.7. The van der Waals surface area contributed by atoms with Gasteiger partial charge in [-0.25, -0.2) is 8.42 Å². The van der Waals surface area contributed by atoms with Crippen molar-refractivity contribution in [2.24, 2.45) is 0 Å². The molecule has 2 heterocycles. The molecule has 2 aromatic carbocycles. The zero-order valence-electron chi connectivity index (χ0n) is 19.7. The first-order chi connectivity index (χ1) is 16.9. The molecule has 190 valence electrons. The number of amides is 1. The number of aliphatic hydroxyl groups is 1. The maximum Gasteiger partial charge on any atom is 0.243 e. The van der Waals surface area contributed by atoms with E-state index in [1.165, 1.54) is 16.4 Å². The average molecular weight is 505 g/mol. The summed E-state index contributed by atoms with van der Waals surface area (Å²) in [5.74, 6) is 1.07. The van der Waals surface area contributed by atoms with Crippen LogP contribution in [-0.4, -0.2) is 74.4 Å². The molecule has 4 atom stereocenters. The fourth-order valence-corrected chi connectivity index (χ4v) is 6.20. The van der Waals surface area contributed by atoms with Crippen LogP contribution in [0.4, 0.5) is 0 Å². The maximum absolute atomic E-state index is 13.7. The highest BCUT2D eigenvalue weighted by Crippen LogP contribution is 2.32. The lowest BCUT2D eigenvalue weighted by Gasteiger charge is -2.43. The Balaban J connectivity index is 1.52. The number of hydrogen-bond acceptors (Lipinski definition) is 7. The highest BCUT2D eigenvalue weighted by Gasteiger charge is 2.43. The number of ether oxygens (including phenoxy) is 3. The van der Waals surface area contributed by atoms with E-state index in [-0.39, 0.29) is 43.1 Å². The molecule has 35 heavy (non-hydrogen) atoms. The van der Waals surface area contributed by atoms with Crippen LogP contribution in [0.3, 0.4) is 0 Å². The number of carbonyl (C=O) groups excluding carboxylic acids is 1. The van der Waals surface area contributed by atoms with Crippen molar-refractivity contribution in [2.75, 3.05) is 26.3 Å². The average Bonchev–Trinajstić information content (AvgIpc) is 2.83. The molecule has 2 N–H and O–H groups in total. The van der Waals surface area contributed by atoms with Crippen molar-refractivity contribution < 1.29 is 32.5 Å². The molecule has 2 aliphatic heterocycles. The largest absolute Gasteiger partial charge is 0.457 e. The molecule has 0 unspecified atom stereocenters. The minimum Gasteiger partial charge on any atom is -0.457 e. The Morgan fingerprint density at radius 2 is 1.80 bits per heavy atom. The second kappa shape index (κ2) is 11.5. The topological polar surface area (TPSA) is 114 Å². The highest BCUT2D eigenvalue weighted by molar-refractivity contribution is 7.89. The summed E-state index contributed by atoms with van der Waals surface area (Å²) >= 11 is 0. The van der Waals surface area contributed by atoms with E-state index in [2.05, 4.69) is 5.32 Å². The molecule has 4 rings (SSSR count). The summed E-state index contributed by atoms with van der Waals surface area (Å²) in [6.07, 6.45) is -0.556. The molecule has 1 amide bonds. The quantitative estimate of drug-likeness (QED) is 0.595. The molecule has 0 aromatic heterocycles. The van der Waals surface area contributed by atoms with Gasteiger partial charge in [0.15, 0.2) is 0 Å². The lowest BCUT2D eigenvalue weighted by Crippen LogP contribution is -2.57. The van der Waals surface area contributed by atoms with Crippen LogP contribution in [0.1, 0.15) is 26.2 Å². The van der Waals surface area contributed by atoms with Crippen LogP contribution in [0.25, 0.3) is 0 Å². The number of β-amino-alcohol motifs (C(OH)–C–C–N with tert-alkyl or cyclic N) is 1. The number of hydrogen-bond donors (Lipinski definition) is 2.